The van der Waals surface area contributed by atoms with Crippen molar-refractivity contribution < 1.29 is 9.53 Å². The molecule has 0 unspecified atom stereocenters. The highest BCUT2D eigenvalue weighted by Crippen LogP contribution is 2.33. The number of nitrogens with zero attached hydrogens (tertiary/aromatic N) is 1. The number of Topliss-reactive ketones (excluding diaryl/α,β-unsaturated/α-hetero) is 1. The van der Waals surface area contributed by atoms with Gasteiger partial charge in [0.15, 0.2) is 0 Å². The summed E-state index contributed by atoms with van der Waals surface area (Å²) >= 11 is 0. The topological polar surface area (TPSA) is 29.5 Å². The largest absolute Gasteiger partial charge is 0.383 e. The van der Waals surface area contributed by atoms with Gasteiger partial charge in [-0.2, -0.15) is 0 Å². The van der Waals surface area contributed by atoms with Gasteiger partial charge in [-0.25, -0.2) is 0 Å². The normalized spacial score (nSPS) is 34.1. The molecule has 0 aromatic rings. The Morgan fingerprint density at radius 1 is 1.38 bits per heavy atom. The lowest BCUT2D eigenvalue weighted by molar-refractivity contribution is -0.123. The number of ether oxygens (including phenoxy) is 1. The zero-order valence-electron chi connectivity index (χ0n) is 8.16. The van der Waals surface area contributed by atoms with Gasteiger partial charge in [0.1, 0.15) is 5.78 Å². The first-order valence-corrected chi connectivity index (χ1v) is 5.07. The van der Waals surface area contributed by atoms with E-state index in [2.05, 4.69) is 4.90 Å². The average Bonchev–Trinajstić information content (AvgIpc) is 2.33. The summed E-state index contributed by atoms with van der Waals surface area (Å²) in [6, 6.07) is 1.06. The monoisotopic (exact) mass is 183 g/mol. The summed E-state index contributed by atoms with van der Waals surface area (Å²) in [5, 5.41) is 0. The van der Waals surface area contributed by atoms with Crippen molar-refractivity contribution in [2.24, 2.45) is 0 Å². The van der Waals surface area contributed by atoms with Gasteiger partial charge in [0, 0.05) is 38.6 Å². The van der Waals surface area contributed by atoms with Crippen LogP contribution in [0.5, 0.6) is 0 Å². The molecule has 0 amide bonds. The van der Waals surface area contributed by atoms with E-state index in [1.807, 2.05) is 0 Å². The summed E-state index contributed by atoms with van der Waals surface area (Å²) in [7, 11) is 1.73. The van der Waals surface area contributed by atoms with E-state index in [0.29, 0.717) is 17.9 Å². The number of carbonyl (C=O) groups excluding carboxylic acids is 1. The van der Waals surface area contributed by atoms with Crippen LogP contribution in [0.4, 0.5) is 0 Å². The number of hydrogen-bond donors (Lipinski definition) is 0. The van der Waals surface area contributed by atoms with E-state index in [4.69, 9.17) is 4.74 Å². The molecule has 74 valence electrons. The molecule has 2 aliphatic heterocycles. The van der Waals surface area contributed by atoms with Crippen molar-refractivity contribution in [2.45, 2.75) is 37.8 Å². The standard InChI is InChI=1S/C10H17NO2/c1-13-5-4-11-8-2-3-9(11)7-10(12)6-8/h8-9H,2-7H2,1H3/t8-,9-/m0/s1. The van der Waals surface area contributed by atoms with Crippen molar-refractivity contribution >= 4 is 5.78 Å². The maximum absolute atomic E-state index is 11.3. The van der Waals surface area contributed by atoms with Crippen LogP contribution in [0.2, 0.25) is 0 Å². The molecule has 0 radical (unpaired) electrons. The minimum Gasteiger partial charge on any atom is -0.383 e. The van der Waals surface area contributed by atoms with E-state index >= 15 is 0 Å². The fourth-order valence-electron chi connectivity index (χ4n) is 2.62. The summed E-state index contributed by atoms with van der Waals surface area (Å²) in [5.41, 5.74) is 0. The SMILES string of the molecule is COCCN1[C@H]2CC[C@H]1CC(=O)C2. The second kappa shape index (κ2) is 3.76. The second-order valence-corrected chi connectivity index (χ2v) is 4.06. The fourth-order valence-corrected chi connectivity index (χ4v) is 2.62. The molecule has 0 spiro atoms. The highest BCUT2D eigenvalue weighted by Gasteiger charge is 2.39. The molecule has 0 saturated carbocycles. The first-order valence-electron chi connectivity index (χ1n) is 5.07. The predicted molar refractivity (Wildman–Crippen MR) is 49.6 cm³/mol. The number of fused-ring (bicyclic) bond motifs is 2. The second-order valence-electron chi connectivity index (χ2n) is 4.06. The summed E-state index contributed by atoms with van der Waals surface area (Å²) in [6.07, 6.45) is 3.97. The molecule has 2 fully saturated rings. The molecule has 0 aromatic heterocycles. The quantitative estimate of drug-likeness (QED) is 0.649. The van der Waals surface area contributed by atoms with Crippen LogP contribution in [-0.2, 0) is 9.53 Å². The number of rotatable bonds is 3. The van der Waals surface area contributed by atoms with Crippen LogP contribution >= 0.6 is 0 Å². The molecule has 0 N–H and O–H groups in total. The zero-order valence-corrected chi connectivity index (χ0v) is 8.16. The van der Waals surface area contributed by atoms with Crippen molar-refractivity contribution in [3.05, 3.63) is 0 Å². The average molecular weight is 183 g/mol. The Hall–Kier alpha value is -0.410. The lowest BCUT2D eigenvalue weighted by Crippen LogP contribution is -2.44. The Kier molecular flexibility index (Phi) is 2.65. The Morgan fingerprint density at radius 2 is 2.00 bits per heavy atom. The molecule has 2 bridgehead atoms. The van der Waals surface area contributed by atoms with E-state index in [-0.39, 0.29) is 0 Å². The van der Waals surface area contributed by atoms with Crippen LogP contribution in [0.15, 0.2) is 0 Å². The molecular formula is C10H17NO2. The molecular weight excluding hydrogens is 166 g/mol. The van der Waals surface area contributed by atoms with E-state index < -0.39 is 0 Å². The van der Waals surface area contributed by atoms with Gasteiger partial charge in [-0.05, 0) is 12.8 Å². The van der Waals surface area contributed by atoms with E-state index in [0.717, 1.165) is 26.0 Å². The van der Waals surface area contributed by atoms with Gasteiger partial charge in [-0.3, -0.25) is 9.69 Å². The summed E-state index contributed by atoms with van der Waals surface area (Å²) in [6.45, 7) is 1.79. The maximum Gasteiger partial charge on any atom is 0.136 e. The lowest BCUT2D eigenvalue weighted by Gasteiger charge is -2.33. The number of methoxy groups -OCH3 is 1. The van der Waals surface area contributed by atoms with Crippen LogP contribution in [0.3, 0.4) is 0 Å². The van der Waals surface area contributed by atoms with Gasteiger partial charge < -0.3 is 4.74 Å². The zero-order chi connectivity index (χ0) is 9.26. The minimum atomic E-state index is 0.459. The number of piperidine rings is 1. The molecule has 13 heavy (non-hydrogen) atoms. The van der Waals surface area contributed by atoms with Gasteiger partial charge >= 0.3 is 0 Å². The van der Waals surface area contributed by atoms with E-state index in [9.17, 15) is 4.79 Å². The van der Waals surface area contributed by atoms with Crippen LogP contribution < -0.4 is 0 Å². The number of ketones is 1. The first-order chi connectivity index (χ1) is 6.31. The first kappa shape index (κ1) is 9.16. The number of hydrogen-bond acceptors (Lipinski definition) is 3. The number of carbonyl (C=O) groups is 1. The molecule has 0 aromatic carbocycles. The van der Waals surface area contributed by atoms with Gasteiger partial charge in [0.05, 0.1) is 6.61 Å². The summed E-state index contributed by atoms with van der Waals surface area (Å²) < 4.78 is 5.07. The Balaban J connectivity index is 1.94. The Labute approximate surface area is 79.0 Å². The third kappa shape index (κ3) is 1.76. The van der Waals surface area contributed by atoms with Crippen molar-refractivity contribution in [1.82, 2.24) is 4.90 Å². The Morgan fingerprint density at radius 3 is 2.54 bits per heavy atom. The highest BCUT2D eigenvalue weighted by atomic mass is 16.5. The fraction of sp³-hybridized carbons (Fsp3) is 0.900. The molecule has 3 heteroatoms. The smallest absolute Gasteiger partial charge is 0.136 e. The molecule has 0 aliphatic carbocycles. The summed E-state index contributed by atoms with van der Waals surface area (Å²) in [5.74, 6) is 0.459. The molecule has 2 heterocycles. The third-order valence-electron chi connectivity index (χ3n) is 3.25. The van der Waals surface area contributed by atoms with Crippen LogP contribution in [0, 0.1) is 0 Å². The molecule has 2 saturated heterocycles. The highest BCUT2D eigenvalue weighted by molar-refractivity contribution is 5.80. The van der Waals surface area contributed by atoms with E-state index in [1.54, 1.807) is 7.11 Å². The summed E-state index contributed by atoms with van der Waals surface area (Å²) in [4.78, 5) is 13.7. The molecule has 2 atom stereocenters. The van der Waals surface area contributed by atoms with Gasteiger partial charge in [0.25, 0.3) is 0 Å². The van der Waals surface area contributed by atoms with Crippen LogP contribution in [-0.4, -0.2) is 43.0 Å². The van der Waals surface area contributed by atoms with E-state index in [1.165, 1.54) is 12.8 Å². The van der Waals surface area contributed by atoms with Crippen molar-refractivity contribution in [1.29, 1.82) is 0 Å². The Bertz CT molecular complexity index is 189. The third-order valence-corrected chi connectivity index (χ3v) is 3.25. The van der Waals surface area contributed by atoms with Crippen LogP contribution in [0.25, 0.3) is 0 Å². The van der Waals surface area contributed by atoms with Gasteiger partial charge in [0.2, 0.25) is 0 Å². The lowest BCUT2D eigenvalue weighted by atomic mass is 10.0. The van der Waals surface area contributed by atoms with Gasteiger partial charge in [-0.1, -0.05) is 0 Å². The predicted octanol–water partition coefficient (Wildman–Crippen LogP) is 0.829. The van der Waals surface area contributed by atoms with Crippen LogP contribution in [0.1, 0.15) is 25.7 Å². The van der Waals surface area contributed by atoms with Gasteiger partial charge in [-0.15, -0.1) is 0 Å². The van der Waals surface area contributed by atoms with Crippen molar-refractivity contribution in [3.63, 3.8) is 0 Å². The molecule has 3 nitrogen and oxygen atoms in total. The molecule has 2 rings (SSSR count). The maximum atomic E-state index is 11.3. The molecule has 2 aliphatic rings. The van der Waals surface area contributed by atoms with Crippen molar-refractivity contribution in [3.8, 4) is 0 Å². The van der Waals surface area contributed by atoms with Crippen molar-refractivity contribution in [2.75, 3.05) is 20.3 Å². The minimum absolute atomic E-state index is 0.459.